The fourth-order valence-corrected chi connectivity index (χ4v) is 2.86. The zero-order valence-electron chi connectivity index (χ0n) is 18.0. The summed E-state index contributed by atoms with van der Waals surface area (Å²) in [5.74, 6) is -6.15. The average Bonchev–Trinajstić information content (AvgIpc) is 2.72. The first-order chi connectivity index (χ1) is 15.4. The fraction of sp³-hybridized carbons (Fsp3) is 0.667. The number of primary amides is 1. The van der Waals surface area contributed by atoms with Crippen molar-refractivity contribution in [3.05, 3.63) is 0 Å². The largest absolute Gasteiger partial charge is 0.481 e. The maximum Gasteiger partial charge on any atom is 0.326 e. The number of aliphatic carboxylic acids is 2. The van der Waals surface area contributed by atoms with Crippen molar-refractivity contribution in [2.75, 3.05) is 12.3 Å². The van der Waals surface area contributed by atoms with Crippen LogP contribution in [0.2, 0.25) is 0 Å². The first-order valence-electron chi connectivity index (χ1n) is 10.1. The molecule has 0 fully saturated rings. The van der Waals surface area contributed by atoms with Gasteiger partial charge in [0.15, 0.2) is 0 Å². The van der Waals surface area contributed by atoms with E-state index in [1.54, 1.807) is 0 Å². The Hall–Kier alpha value is -2.91. The molecule has 0 saturated heterocycles. The minimum atomic E-state index is -1.42. The van der Waals surface area contributed by atoms with Gasteiger partial charge in [-0.2, -0.15) is 12.6 Å². The Bertz CT molecular complexity index is 722. The van der Waals surface area contributed by atoms with Crippen LogP contribution in [0.25, 0.3) is 0 Å². The Morgan fingerprint density at radius 2 is 1.36 bits per heavy atom. The molecule has 0 aliphatic rings. The van der Waals surface area contributed by atoms with Crippen molar-refractivity contribution in [2.45, 2.75) is 62.7 Å². The monoisotopic (exact) mass is 492 g/mol. The molecule has 4 amide bonds. The van der Waals surface area contributed by atoms with Gasteiger partial charge in [0.1, 0.15) is 18.1 Å². The summed E-state index contributed by atoms with van der Waals surface area (Å²) >= 11 is 4.00. The van der Waals surface area contributed by atoms with Crippen LogP contribution in [-0.4, -0.2) is 82.2 Å². The summed E-state index contributed by atoms with van der Waals surface area (Å²) in [4.78, 5) is 70.3. The molecule has 14 nitrogen and oxygen atoms in total. The van der Waals surface area contributed by atoms with Gasteiger partial charge in [0.05, 0.1) is 12.5 Å². The second kappa shape index (κ2) is 15.8. The highest BCUT2D eigenvalue weighted by molar-refractivity contribution is 7.80. The number of rotatable bonds is 17. The van der Waals surface area contributed by atoms with E-state index in [4.69, 9.17) is 22.3 Å². The van der Waals surface area contributed by atoms with Gasteiger partial charge in [0, 0.05) is 12.2 Å². The second-order valence-corrected chi connectivity index (χ2v) is 7.56. The third-order valence-corrected chi connectivity index (χ3v) is 4.79. The van der Waals surface area contributed by atoms with Crippen molar-refractivity contribution in [3.8, 4) is 0 Å². The van der Waals surface area contributed by atoms with Crippen LogP contribution in [-0.2, 0) is 28.8 Å². The Kier molecular flexibility index (Phi) is 14.4. The lowest BCUT2D eigenvalue weighted by molar-refractivity contribution is -0.142. The summed E-state index contributed by atoms with van der Waals surface area (Å²) in [7, 11) is 0. The van der Waals surface area contributed by atoms with E-state index >= 15 is 0 Å². The third kappa shape index (κ3) is 12.6. The van der Waals surface area contributed by atoms with Crippen LogP contribution in [0.15, 0.2) is 0 Å². The first kappa shape index (κ1) is 30.1. The second-order valence-electron chi connectivity index (χ2n) is 7.20. The van der Waals surface area contributed by atoms with Crippen molar-refractivity contribution < 1.29 is 39.0 Å². The van der Waals surface area contributed by atoms with Crippen molar-refractivity contribution in [1.29, 1.82) is 0 Å². The molecule has 0 heterocycles. The predicted octanol–water partition coefficient (Wildman–Crippen LogP) is -3.35. The number of thiol groups is 1. The molecule has 0 aromatic rings. The number of hydrogen-bond acceptors (Lipinski definition) is 9. The number of amides is 4. The number of nitrogens with one attached hydrogen (secondary N) is 3. The van der Waals surface area contributed by atoms with Gasteiger partial charge >= 0.3 is 11.9 Å². The van der Waals surface area contributed by atoms with Gasteiger partial charge in [-0.25, -0.2) is 4.79 Å². The lowest BCUT2D eigenvalue weighted by Gasteiger charge is -2.24. The molecule has 0 saturated carbocycles. The number of hydrogen-bond donors (Lipinski definition) is 9. The molecule has 4 atom stereocenters. The summed E-state index contributed by atoms with van der Waals surface area (Å²) in [5.41, 5.74) is 16.0. The molecule has 0 aliphatic heterocycles. The molecule has 0 spiro atoms. The van der Waals surface area contributed by atoms with Gasteiger partial charge < -0.3 is 43.4 Å². The topological polar surface area (TPSA) is 257 Å². The maximum absolute atomic E-state index is 12.7. The van der Waals surface area contributed by atoms with E-state index in [0.29, 0.717) is 19.4 Å². The van der Waals surface area contributed by atoms with Crippen LogP contribution in [0, 0.1) is 0 Å². The van der Waals surface area contributed by atoms with Gasteiger partial charge in [-0.15, -0.1) is 0 Å². The van der Waals surface area contributed by atoms with Crippen molar-refractivity contribution in [1.82, 2.24) is 16.0 Å². The SMILES string of the molecule is NCCCCC(NC(=O)C(N)CC(=O)O)C(=O)NC(CS)C(=O)NC(CCC(N)=O)C(=O)O. The zero-order chi connectivity index (χ0) is 25.6. The number of carbonyl (C=O) groups excluding carboxylic acids is 4. The molecule has 15 heteroatoms. The highest BCUT2D eigenvalue weighted by Crippen LogP contribution is 2.04. The van der Waals surface area contributed by atoms with Crippen LogP contribution < -0.4 is 33.2 Å². The average molecular weight is 493 g/mol. The van der Waals surface area contributed by atoms with Crippen molar-refractivity contribution >= 4 is 48.2 Å². The first-order valence-corrected chi connectivity index (χ1v) is 10.8. The quantitative estimate of drug-likeness (QED) is 0.0719. The van der Waals surface area contributed by atoms with Crippen LogP contribution in [0.1, 0.15) is 38.5 Å². The van der Waals surface area contributed by atoms with Crippen molar-refractivity contribution in [3.63, 3.8) is 0 Å². The predicted molar refractivity (Wildman–Crippen MR) is 119 cm³/mol. The van der Waals surface area contributed by atoms with E-state index in [9.17, 15) is 33.9 Å². The smallest absolute Gasteiger partial charge is 0.326 e. The molecule has 0 aromatic heterocycles. The zero-order valence-corrected chi connectivity index (χ0v) is 18.9. The number of nitrogens with two attached hydrogens (primary N) is 3. The Morgan fingerprint density at radius 3 is 1.85 bits per heavy atom. The lowest BCUT2D eigenvalue weighted by atomic mass is 10.1. The summed E-state index contributed by atoms with van der Waals surface area (Å²) < 4.78 is 0. The van der Waals surface area contributed by atoms with Gasteiger partial charge in [-0.3, -0.25) is 24.0 Å². The molecule has 0 radical (unpaired) electrons. The standard InChI is InChI=1S/C18H32N6O8S/c19-6-2-1-3-10(22-15(28)9(20)7-14(26)27)16(29)24-12(8-33)17(30)23-11(18(31)32)4-5-13(21)25/h9-12,33H,1-8,19-20H2,(H2,21,25)(H,22,28)(H,23,30)(H,24,29)(H,26,27)(H,31,32). The van der Waals surface area contributed by atoms with Gasteiger partial charge in [-0.05, 0) is 32.2 Å². The molecular formula is C18H32N6O8S. The molecule has 188 valence electrons. The highest BCUT2D eigenvalue weighted by atomic mass is 32.1. The summed E-state index contributed by atoms with van der Waals surface area (Å²) in [6.45, 7) is 0.338. The van der Waals surface area contributed by atoms with Crippen LogP contribution in [0.3, 0.4) is 0 Å². The molecule has 0 aliphatic carbocycles. The molecular weight excluding hydrogens is 460 g/mol. The van der Waals surface area contributed by atoms with Gasteiger partial charge in [-0.1, -0.05) is 0 Å². The molecule has 0 aromatic carbocycles. The van der Waals surface area contributed by atoms with Crippen molar-refractivity contribution in [2.24, 2.45) is 17.2 Å². The molecule has 11 N–H and O–H groups in total. The molecule has 33 heavy (non-hydrogen) atoms. The highest BCUT2D eigenvalue weighted by Gasteiger charge is 2.30. The van der Waals surface area contributed by atoms with Crippen LogP contribution >= 0.6 is 12.6 Å². The maximum atomic E-state index is 12.7. The summed E-state index contributed by atoms with van der Waals surface area (Å²) in [6.07, 6.45) is -0.0608. The minimum absolute atomic E-state index is 0.131. The van der Waals surface area contributed by atoms with E-state index < -0.39 is 66.2 Å². The van der Waals surface area contributed by atoms with E-state index in [-0.39, 0.29) is 25.0 Å². The van der Waals surface area contributed by atoms with Crippen LogP contribution in [0.5, 0.6) is 0 Å². The van der Waals surface area contributed by atoms with E-state index in [0.717, 1.165) is 0 Å². The molecule has 0 rings (SSSR count). The normalized spacial score (nSPS) is 14.3. The molecule has 0 bridgehead atoms. The number of carboxylic acid groups (broad SMARTS) is 2. The lowest BCUT2D eigenvalue weighted by Crippen LogP contribution is -2.57. The summed E-state index contributed by atoms with van der Waals surface area (Å²) in [6, 6.07) is -5.22. The summed E-state index contributed by atoms with van der Waals surface area (Å²) in [5, 5.41) is 24.9. The Labute approximate surface area is 195 Å². The van der Waals surface area contributed by atoms with Gasteiger partial charge in [0.2, 0.25) is 23.6 Å². The molecule has 4 unspecified atom stereocenters. The fourth-order valence-electron chi connectivity index (χ4n) is 2.60. The number of carboxylic acids is 2. The van der Waals surface area contributed by atoms with E-state index in [1.807, 2.05) is 0 Å². The minimum Gasteiger partial charge on any atom is -0.481 e. The van der Waals surface area contributed by atoms with Crippen LogP contribution in [0.4, 0.5) is 0 Å². The number of unbranched alkanes of at least 4 members (excludes halogenated alkanes) is 1. The van der Waals surface area contributed by atoms with E-state index in [1.165, 1.54) is 0 Å². The van der Waals surface area contributed by atoms with Gasteiger partial charge in [0.25, 0.3) is 0 Å². The Morgan fingerprint density at radius 1 is 0.818 bits per heavy atom. The third-order valence-electron chi connectivity index (χ3n) is 4.42. The number of carbonyl (C=O) groups is 6. The Balaban J connectivity index is 5.25. The van der Waals surface area contributed by atoms with E-state index in [2.05, 4.69) is 28.6 Å².